The molecule has 2 aromatic carbocycles. The van der Waals surface area contributed by atoms with Gasteiger partial charge < -0.3 is 10.6 Å². The molecule has 26 heavy (non-hydrogen) atoms. The fourth-order valence-electron chi connectivity index (χ4n) is 3.38. The van der Waals surface area contributed by atoms with E-state index in [1.165, 1.54) is 24.0 Å². The molecule has 0 saturated carbocycles. The molecule has 3 rings (SSSR count). The molecule has 1 unspecified atom stereocenters. The lowest BCUT2D eigenvalue weighted by Crippen LogP contribution is -2.41. The third-order valence-corrected chi connectivity index (χ3v) is 5.08. The van der Waals surface area contributed by atoms with Gasteiger partial charge in [-0.15, -0.1) is 0 Å². The molecule has 2 aromatic rings. The fraction of sp³-hybridized carbons (Fsp3) is 0.381. The van der Waals surface area contributed by atoms with Crippen LogP contribution in [-0.2, 0) is 6.54 Å². The van der Waals surface area contributed by atoms with E-state index in [2.05, 4.69) is 46.7 Å². The molecule has 1 heterocycles. The summed E-state index contributed by atoms with van der Waals surface area (Å²) in [5.74, 6) is 0. The first-order chi connectivity index (χ1) is 12.6. The van der Waals surface area contributed by atoms with E-state index in [1.807, 2.05) is 24.3 Å². The lowest BCUT2D eigenvalue weighted by molar-refractivity contribution is 0.220. The third-order valence-electron chi connectivity index (χ3n) is 4.84. The zero-order valence-corrected chi connectivity index (χ0v) is 15.9. The van der Waals surface area contributed by atoms with Crippen LogP contribution in [0.1, 0.15) is 35.6 Å². The topological polar surface area (TPSA) is 44.4 Å². The molecule has 1 aliphatic rings. The minimum atomic E-state index is -0.152. The lowest BCUT2D eigenvalue weighted by Gasteiger charge is -2.28. The van der Waals surface area contributed by atoms with Crippen molar-refractivity contribution in [3.05, 3.63) is 70.2 Å². The number of nitrogens with one attached hydrogen (secondary N) is 2. The molecule has 4 nitrogen and oxygen atoms in total. The van der Waals surface area contributed by atoms with Gasteiger partial charge in [0.15, 0.2) is 0 Å². The number of nitrogens with zero attached hydrogens (tertiary/aromatic N) is 1. The summed E-state index contributed by atoms with van der Waals surface area (Å²) in [6, 6.07) is 16.2. The van der Waals surface area contributed by atoms with Crippen molar-refractivity contribution in [2.75, 3.05) is 19.6 Å². The number of hydrogen-bond donors (Lipinski definition) is 2. The van der Waals surface area contributed by atoms with Crippen molar-refractivity contribution in [1.82, 2.24) is 15.5 Å². The summed E-state index contributed by atoms with van der Waals surface area (Å²) in [4.78, 5) is 14.7. The summed E-state index contributed by atoms with van der Waals surface area (Å²) >= 11 is 5.98. The number of aryl methyl sites for hydroxylation is 1. The molecule has 2 N–H and O–H groups in total. The Hall–Kier alpha value is -2.04. The van der Waals surface area contributed by atoms with E-state index in [9.17, 15) is 4.79 Å². The Kier molecular flexibility index (Phi) is 6.53. The summed E-state index contributed by atoms with van der Waals surface area (Å²) < 4.78 is 0. The Morgan fingerprint density at radius 1 is 1.12 bits per heavy atom. The second-order valence-electron chi connectivity index (χ2n) is 6.86. The van der Waals surface area contributed by atoms with Crippen LogP contribution in [-0.4, -0.2) is 30.6 Å². The Balaban J connectivity index is 1.56. The molecule has 0 aromatic heterocycles. The molecule has 138 valence electrons. The number of carbonyl (C=O) groups excluding carboxylic acids is 1. The molecule has 2 amide bonds. The monoisotopic (exact) mass is 371 g/mol. The normalized spacial score (nSPS) is 15.6. The maximum absolute atomic E-state index is 12.2. The number of urea groups is 1. The second-order valence-corrected chi connectivity index (χ2v) is 7.30. The van der Waals surface area contributed by atoms with Gasteiger partial charge in [-0.05, 0) is 56.1 Å². The van der Waals surface area contributed by atoms with Gasteiger partial charge in [-0.25, -0.2) is 4.79 Å². The number of benzene rings is 2. The van der Waals surface area contributed by atoms with E-state index >= 15 is 0 Å². The Morgan fingerprint density at radius 3 is 2.54 bits per heavy atom. The molecular formula is C21H26ClN3O. The van der Waals surface area contributed by atoms with Gasteiger partial charge in [-0.1, -0.05) is 53.6 Å². The van der Waals surface area contributed by atoms with Crippen LogP contribution in [0.3, 0.4) is 0 Å². The molecule has 1 saturated heterocycles. The largest absolute Gasteiger partial charge is 0.336 e. The zero-order valence-electron chi connectivity index (χ0n) is 15.2. The molecule has 1 aliphatic heterocycles. The van der Waals surface area contributed by atoms with Gasteiger partial charge in [0, 0.05) is 18.1 Å². The molecule has 0 bridgehead atoms. The van der Waals surface area contributed by atoms with E-state index in [1.54, 1.807) is 0 Å². The summed E-state index contributed by atoms with van der Waals surface area (Å²) in [5.41, 5.74) is 3.50. The van der Waals surface area contributed by atoms with Gasteiger partial charge in [-0.2, -0.15) is 0 Å². The van der Waals surface area contributed by atoms with E-state index in [-0.39, 0.29) is 12.1 Å². The van der Waals surface area contributed by atoms with Crippen molar-refractivity contribution in [3.63, 3.8) is 0 Å². The average molecular weight is 372 g/mol. The molecule has 0 aliphatic carbocycles. The smallest absolute Gasteiger partial charge is 0.315 e. The first-order valence-corrected chi connectivity index (χ1v) is 9.56. The fourth-order valence-corrected chi connectivity index (χ4v) is 3.59. The number of likely N-dealkylation sites (tertiary alicyclic amines) is 1. The van der Waals surface area contributed by atoms with E-state index < -0.39 is 0 Å². The second kappa shape index (κ2) is 9.06. The van der Waals surface area contributed by atoms with Crippen molar-refractivity contribution >= 4 is 17.6 Å². The summed E-state index contributed by atoms with van der Waals surface area (Å²) in [5, 5.41) is 6.62. The van der Waals surface area contributed by atoms with Gasteiger partial charge >= 0.3 is 6.03 Å². The zero-order chi connectivity index (χ0) is 18.4. The predicted molar refractivity (Wildman–Crippen MR) is 106 cm³/mol. The standard InChI is InChI=1S/C21H26ClN3O/c1-16-7-9-18(10-8-16)20(25-11-2-3-12-25)15-24-21(26)23-14-17-5-4-6-19(22)13-17/h4-10,13,20H,2-3,11-12,14-15H2,1H3,(H2,23,24,26). The van der Waals surface area contributed by atoms with Crippen LogP contribution < -0.4 is 10.6 Å². The molecule has 1 fully saturated rings. The van der Waals surface area contributed by atoms with Crippen molar-refractivity contribution in [3.8, 4) is 0 Å². The van der Waals surface area contributed by atoms with Crippen LogP contribution >= 0.6 is 11.6 Å². The van der Waals surface area contributed by atoms with Crippen LogP contribution in [0.15, 0.2) is 48.5 Å². The summed E-state index contributed by atoms with van der Waals surface area (Å²) in [7, 11) is 0. The predicted octanol–water partition coefficient (Wildman–Crippen LogP) is 4.28. The van der Waals surface area contributed by atoms with Gasteiger partial charge in [0.05, 0.1) is 6.04 Å². The molecule has 0 spiro atoms. The van der Waals surface area contributed by atoms with Crippen molar-refractivity contribution < 1.29 is 4.79 Å². The first-order valence-electron chi connectivity index (χ1n) is 9.18. The summed E-state index contributed by atoms with van der Waals surface area (Å²) in [6.45, 7) is 5.33. The van der Waals surface area contributed by atoms with Gasteiger partial charge in [-0.3, -0.25) is 4.90 Å². The SMILES string of the molecule is Cc1ccc(C(CNC(=O)NCc2cccc(Cl)c2)N2CCCC2)cc1. The third kappa shape index (κ3) is 5.23. The highest BCUT2D eigenvalue weighted by atomic mass is 35.5. The lowest BCUT2D eigenvalue weighted by atomic mass is 10.0. The van der Waals surface area contributed by atoms with Crippen LogP contribution in [0.2, 0.25) is 5.02 Å². The molecule has 5 heteroatoms. The van der Waals surface area contributed by atoms with Crippen LogP contribution in [0.5, 0.6) is 0 Å². The number of hydrogen-bond acceptors (Lipinski definition) is 2. The quantitative estimate of drug-likeness (QED) is 0.795. The highest BCUT2D eigenvalue weighted by molar-refractivity contribution is 6.30. The Bertz CT molecular complexity index is 726. The van der Waals surface area contributed by atoms with Crippen molar-refractivity contribution in [2.45, 2.75) is 32.4 Å². The molecule has 0 radical (unpaired) electrons. The van der Waals surface area contributed by atoms with Crippen LogP contribution in [0.4, 0.5) is 4.79 Å². The Labute approximate surface area is 160 Å². The van der Waals surface area contributed by atoms with Crippen LogP contribution in [0.25, 0.3) is 0 Å². The minimum Gasteiger partial charge on any atom is -0.336 e. The summed E-state index contributed by atoms with van der Waals surface area (Å²) in [6.07, 6.45) is 2.45. The molecular weight excluding hydrogens is 346 g/mol. The van der Waals surface area contributed by atoms with E-state index in [4.69, 9.17) is 11.6 Å². The highest BCUT2D eigenvalue weighted by Gasteiger charge is 2.23. The number of amides is 2. The first kappa shape index (κ1) is 18.7. The van der Waals surface area contributed by atoms with E-state index in [0.29, 0.717) is 18.1 Å². The van der Waals surface area contributed by atoms with Crippen molar-refractivity contribution in [2.24, 2.45) is 0 Å². The maximum atomic E-state index is 12.2. The number of carbonyl (C=O) groups is 1. The van der Waals surface area contributed by atoms with Gasteiger partial charge in [0.2, 0.25) is 0 Å². The Morgan fingerprint density at radius 2 is 1.85 bits per heavy atom. The maximum Gasteiger partial charge on any atom is 0.315 e. The van der Waals surface area contributed by atoms with Gasteiger partial charge in [0.25, 0.3) is 0 Å². The highest BCUT2D eigenvalue weighted by Crippen LogP contribution is 2.24. The van der Waals surface area contributed by atoms with Gasteiger partial charge in [0.1, 0.15) is 0 Å². The van der Waals surface area contributed by atoms with Crippen LogP contribution in [0, 0.1) is 6.92 Å². The number of rotatable bonds is 6. The molecule has 1 atom stereocenters. The average Bonchev–Trinajstić information content (AvgIpc) is 3.16. The minimum absolute atomic E-state index is 0.152. The van der Waals surface area contributed by atoms with Crippen molar-refractivity contribution in [1.29, 1.82) is 0 Å². The van der Waals surface area contributed by atoms with E-state index in [0.717, 1.165) is 18.7 Å². The number of halogens is 1.